The SMILES string of the molecule is CCCCC(=O)NCC(=O)N1CCCC1C(=O)NCCCCC(=O)OC. The van der Waals surface area contributed by atoms with Gasteiger partial charge in [0, 0.05) is 25.9 Å². The van der Waals surface area contributed by atoms with Gasteiger partial charge in [-0.25, -0.2) is 0 Å². The van der Waals surface area contributed by atoms with Crippen LogP contribution in [0.15, 0.2) is 0 Å². The van der Waals surface area contributed by atoms with Crippen LogP contribution in [0.5, 0.6) is 0 Å². The summed E-state index contributed by atoms with van der Waals surface area (Å²) in [5.74, 6) is -0.791. The molecule has 1 aliphatic heterocycles. The number of hydrogen-bond donors (Lipinski definition) is 2. The fourth-order valence-corrected chi connectivity index (χ4v) is 2.87. The van der Waals surface area contributed by atoms with Crippen LogP contribution in [0.1, 0.15) is 58.3 Å². The van der Waals surface area contributed by atoms with Crippen molar-refractivity contribution in [1.82, 2.24) is 15.5 Å². The van der Waals surface area contributed by atoms with Gasteiger partial charge in [-0.3, -0.25) is 19.2 Å². The molecule has 0 aromatic rings. The number of amides is 3. The van der Waals surface area contributed by atoms with Crippen LogP contribution in [0, 0.1) is 0 Å². The van der Waals surface area contributed by atoms with Crippen LogP contribution < -0.4 is 10.6 Å². The Balaban J connectivity index is 2.31. The number of rotatable bonds is 11. The standard InChI is InChI=1S/C18H31N3O5/c1-3-4-9-15(22)20-13-16(23)21-12-7-8-14(21)18(25)19-11-6-5-10-17(24)26-2/h14H,3-13H2,1-2H3,(H,19,25)(H,20,22). The van der Waals surface area contributed by atoms with Gasteiger partial charge in [0.05, 0.1) is 13.7 Å². The van der Waals surface area contributed by atoms with Gasteiger partial charge in [-0.05, 0) is 32.1 Å². The molecule has 0 bridgehead atoms. The number of carbonyl (C=O) groups excluding carboxylic acids is 4. The summed E-state index contributed by atoms with van der Waals surface area (Å²) >= 11 is 0. The van der Waals surface area contributed by atoms with Gasteiger partial charge < -0.3 is 20.3 Å². The quantitative estimate of drug-likeness (QED) is 0.413. The number of esters is 1. The van der Waals surface area contributed by atoms with Crippen LogP contribution in [0.2, 0.25) is 0 Å². The van der Waals surface area contributed by atoms with Gasteiger partial charge in [0.25, 0.3) is 0 Å². The summed E-state index contributed by atoms with van der Waals surface area (Å²) in [4.78, 5) is 48.8. The highest BCUT2D eigenvalue weighted by molar-refractivity contribution is 5.90. The molecule has 8 nitrogen and oxygen atoms in total. The first-order chi connectivity index (χ1) is 12.5. The Kier molecular flexibility index (Phi) is 10.3. The minimum atomic E-state index is -0.476. The average molecular weight is 369 g/mol. The second kappa shape index (κ2) is 12.3. The number of carbonyl (C=O) groups is 4. The molecule has 0 aromatic heterocycles. The lowest BCUT2D eigenvalue weighted by Gasteiger charge is -2.24. The van der Waals surface area contributed by atoms with Gasteiger partial charge in [0.15, 0.2) is 0 Å². The summed E-state index contributed by atoms with van der Waals surface area (Å²) in [6.07, 6.45) is 5.19. The van der Waals surface area contributed by atoms with E-state index in [1.165, 1.54) is 7.11 Å². The van der Waals surface area contributed by atoms with Crippen LogP contribution in [0.3, 0.4) is 0 Å². The third kappa shape index (κ3) is 7.84. The van der Waals surface area contributed by atoms with E-state index >= 15 is 0 Å². The maximum absolute atomic E-state index is 12.3. The van der Waals surface area contributed by atoms with Crippen molar-refractivity contribution in [2.45, 2.75) is 64.3 Å². The molecule has 0 aromatic carbocycles. The Morgan fingerprint density at radius 3 is 2.54 bits per heavy atom. The first-order valence-corrected chi connectivity index (χ1v) is 9.40. The van der Waals surface area contributed by atoms with Crippen LogP contribution in [-0.2, 0) is 23.9 Å². The maximum atomic E-state index is 12.3. The molecule has 8 heteroatoms. The highest BCUT2D eigenvalue weighted by Gasteiger charge is 2.33. The monoisotopic (exact) mass is 369 g/mol. The highest BCUT2D eigenvalue weighted by atomic mass is 16.5. The molecular weight excluding hydrogens is 338 g/mol. The third-order valence-corrected chi connectivity index (χ3v) is 4.40. The molecule has 1 unspecified atom stereocenters. The Labute approximate surface area is 155 Å². The Morgan fingerprint density at radius 1 is 1.08 bits per heavy atom. The van der Waals surface area contributed by atoms with Gasteiger partial charge in [-0.1, -0.05) is 13.3 Å². The van der Waals surface area contributed by atoms with E-state index in [4.69, 9.17) is 0 Å². The molecule has 1 rings (SSSR count). The van der Waals surface area contributed by atoms with Crippen molar-refractivity contribution in [2.24, 2.45) is 0 Å². The van der Waals surface area contributed by atoms with Crippen molar-refractivity contribution in [3.63, 3.8) is 0 Å². The Bertz CT molecular complexity index is 495. The molecule has 3 amide bonds. The first kappa shape index (κ1) is 21.9. The molecule has 1 saturated heterocycles. The van der Waals surface area contributed by atoms with Crippen molar-refractivity contribution in [1.29, 1.82) is 0 Å². The fourth-order valence-electron chi connectivity index (χ4n) is 2.87. The fraction of sp³-hybridized carbons (Fsp3) is 0.778. The minimum absolute atomic E-state index is 0.0640. The second-order valence-electron chi connectivity index (χ2n) is 6.45. The maximum Gasteiger partial charge on any atom is 0.305 e. The number of ether oxygens (including phenoxy) is 1. The van der Waals surface area contributed by atoms with E-state index in [2.05, 4.69) is 15.4 Å². The van der Waals surface area contributed by atoms with E-state index in [1.54, 1.807) is 4.90 Å². The number of hydrogen-bond acceptors (Lipinski definition) is 5. The molecule has 0 radical (unpaired) electrons. The lowest BCUT2D eigenvalue weighted by molar-refractivity contribution is -0.140. The Hall–Kier alpha value is -2.12. The number of unbranched alkanes of at least 4 members (excludes halogenated alkanes) is 2. The predicted molar refractivity (Wildman–Crippen MR) is 96.1 cm³/mol. The molecule has 148 valence electrons. The number of nitrogens with zero attached hydrogens (tertiary/aromatic N) is 1. The van der Waals surface area contributed by atoms with Gasteiger partial charge in [0.2, 0.25) is 17.7 Å². The summed E-state index contributed by atoms with van der Waals surface area (Å²) in [5.41, 5.74) is 0. The molecule has 1 aliphatic rings. The summed E-state index contributed by atoms with van der Waals surface area (Å²) < 4.78 is 4.56. The van der Waals surface area contributed by atoms with E-state index in [-0.39, 0.29) is 30.2 Å². The van der Waals surface area contributed by atoms with E-state index in [9.17, 15) is 19.2 Å². The van der Waals surface area contributed by atoms with Gasteiger partial charge in [0.1, 0.15) is 6.04 Å². The zero-order valence-corrected chi connectivity index (χ0v) is 15.8. The van der Waals surface area contributed by atoms with Crippen LogP contribution in [0.4, 0.5) is 0 Å². The molecule has 1 atom stereocenters. The van der Waals surface area contributed by atoms with E-state index in [0.29, 0.717) is 45.2 Å². The van der Waals surface area contributed by atoms with Crippen LogP contribution >= 0.6 is 0 Å². The zero-order valence-electron chi connectivity index (χ0n) is 15.8. The van der Waals surface area contributed by atoms with Crippen molar-refractivity contribution in [3.8, 4) is 0 Å². The smallest absolute Gasteiger partial charge is 0.305 e. The second-order valence-corrected chi connectivity index (χ2v) is 6.45. The summed E-state index contributed by atoms with van der Waals surface area (Å²) in [6.45, 7) is 2.93. The van der Waals surface area contributed by atoms with E-state index in [1.807, 2.05) is 6.92 Å². The highest BCUT2D eigenvalue weighted by Crippen LogP contribution is 2.17. The van der Waals surface area contributed by atoms with Crippen LogP contribution in [0.25, 0.3) is 0 Å². The molecular formula is C18H31N3O5. The average Bonchev–Trinajstić information content (AvgIpc) is 3.13. The predicted octanol–water partition coefficient (Wildman–Crippen LogP) is 0.743. The summed E-state index contributed by atoms with van der Waals surface area (Å²) in [5, 5.41) is 5.45. The third-order valence-electron chi connectivity index (χ3n) is 4.40. The number of likely N-dealkylation sites (tertiary alicyclic amines) is 1. The molecule has 0 aliphatic carbocycles. The van der Waals surface area contributed by atoms with Gasteiger partial charge in [-0.15, -0.1) is 0 Å². The molecule has 1 fully saturated rings. The molecule has 0 saturated carbocycles. The minimum Gasteiger partial charge on any atom is -0.469 e. The largest absolute Gasteiger partial charge is 0.469 e. The lowest BCUT2D eigenvalue weighted by Crippen LogP contribution is -2.49. The molecule has 26 heavy (non-hydrogen) atoms. The van der Waals surface area contributed by atoms with Gasteiger partial charge in [-0.2, -0.15) is 0 Å². The van der Waals surface area contributed by atoms with E-state index < -0.39 is 6.04 Å². The Morgan fingerprint density at radius 2 is 1.85 bits per heavy atom. The summed E-state index contributed by atoms with van der Waals surface area (Å²) in [6, 6.07) is -0.476. The first-order valence-electron chi connectivity index (χ1n) is 9.40. The topological polar surface area (TPSA) is 105 Å². The van der Waals surface area contributed by atoms with Crippen molar-refractivity contribution in [3.05, 3.63) is 0 Å². The van der Waals surface area contributed by atoms with Crippen molar-refractivity contribution in [2.75, 3.05) is 26.7 Å². The number of nitrogens with one attached hydrogen (secondary N) is 2. The van der Waals surface area contributed by atoms with Gasteiger partial charge >= 0.3 is 5.97 Å². The molecule has 0 spiro atoms. The lowest BCUT2D eigenvalue weighted by atomic mass is 10.2. The normalized spacial score (nSPS) is 16.2. The molecule has 2 N–H and O–H groups in total. The van der Waals surface area contributed by atoms with Crippen molar-refractivity contribution < 1.29 is 23.9 Å². The molecule has 1 heterocycles. The summed E-state index contributed by atoms with van der Waals surface area (Å²) in [7, 11) is 1.35. The van der Waals surface area contributed by atoms with E-state index in [0.717, 1.165) is 19.3 Å². The van der Waals surface area contributed by atoms with Crippen molar-refractivity contribution >= 4 is 23.7 Å². The number of methoxy groups -OCH3 is 1. The zero-order chi connectivity index (χ0) is 19.4. The van der Waals surface area contributed by atoms with Crippen LogP contribution in [-0.4, -0.2) is 61.4 Å².